The Morgan fingerprint density at radius 3 is 2.33 bits per heavy atom. The van der Waals surface area contributed by atoms with Crippen LogP contribution in [0.5, 0.6) is 5.75 Å². The number of carbonyl (C=O) groups is 1. The maximum atomic E-state index is 12.9. The van der Waals surface area contributed by atoms with Gasteiger partial charge >= 0.3 is 12.1 Å². The normalized spacial score (nSPS) is 16.4. The summed E-state index contributed by atoms with van der Waals surface area (Å²) in [6, 6.07) is 9.13. The Kier molecular flexibility index (Phi) is 6.24. The fraction of sp³-hybridized carbons (Fsp3) is 0.381. The molecule has 0 N–H and O–H groups in total. The van der Waals surface area contributed by atoms with E-state index in [1.807, 2.05) is 26.0 Å². The number of carbonyl (C=O) groups excluding carboxylic acids is 1. The van der Waals surface area contributed by atoms with Crippen LogP contribution in [0.2, 0.25) is 0 Å². The Balaban J connectivity index is 1.66. The highest BCUT2D eigenvalue weighted by atomic mass is 32.2. The minimum Gasteiger partial charge on any atom is -0.426 e. The Bertz CT molecular complexity index is 1040. The quantitative estimate of drug-likeness (QED) is 0.523. The minimum absolute atomic E-state index is 0.0330. The van der Waals surface area contributed by atoms with Crippen LogP contribution in [0.25, 0.3) is 0 Å². The maximum Gasteiger partial charge on any atom is 0.416 e. The zero-order chi connectivity index (χ0) is 22.1. The fourth-order valence-corrected chi connectivity index (χ4v) is 4.94. The average molecular weight is 441 g/mol. The fourth-order valence-electron chi connectivity index (χ4n) is 3.42. The van der Waals surface area contributed by atoms with Gasteiger partial charge in [-0.15, -0.1) is 0 Å². The number of benzene rings is 2. The lowest BCUT2D eigenvalue weighted by molar-refractivity contribution is -0.140. The molecule has 0 spiro atoms. The van der Waals surface area contributed by atoms with Crippen molar-refractivity contribution in [3.8, 4) is 5.75 Å². The van der Waals surface area contributed by atoms with Crippen molar-refractivity contribution in [2.45, 2.75) is 37.8 Å². The summed E-state index contributed by atoms with van der Waals surface area (Å²) in [5.74, 6) is -0.443. The molecule has 1 aliphatic rings. The van der Waals surface area contributed by atoms with Gasteiger partial charge in [0.05, 0.1) is 16.4 Å². The molecule has 0 unspecified atom stereocenters. The van der Waals surface area contributed by atoms with Crippen molar-refractivity contribution in [2.75, 3.05) is 13.1 Å². The van der Waals surface area contributed by atoms with E-state index in [2.05, 4.69) is 0 Å². The summed E-state index contributed by atoms with van der Waals surface area (Å²) in [7, 11) is -4.08. The molecule has 1 fully saturated rings. The predicted octanol–water partition coefficient (Wildman–Crippen LogP) is 4.33. The maximum absolute atomic E-state index is 12.9. The third-order valence-corrected chi connectivity index (χ3v) is 7.02. The first-order chi connectivity index (χ1) is 14.0. The van der Waals surface area contributed by atoms with Crippen molar-refractivity contribution in [1.82, 2.24) is 4.31 Å². The Morgan fingerprint density at radius 2 is 1.73 bits per heavy atom. The van der Waals surface area contributed by atoms with Gasteiger partial charge in [-0.05, 0) is 56.5 Å². The van der Waals surface area contributed by atoms with Crippen LogP contribution in [-0.4, -0.2) is 31.8 Å². The number of sulfonamides is 1. The number of esters is 1. The number of alkyl halides is 3. The molecular weight excluding hydrogens is 419 g/mol. The molecule has 0 aliphatic carbocycles. The molecule has 0 aromatic heterocycles. The van der Waals surface area contributed by atoms with Crippen LogP contribution in [0, 0.1) is 19.8 Å². The number of ether oxygens (including phenoxy) is 1. The number of hydrogen-bond donors (Lipinski definition) is 0. The molecule has 0 radical (unpaired) electrons. The van der Waals surface area contributed by atoms with Crippen molar-refractivity contribution in [3.05, 3.63) is 59.2 Å². The van der Waals surface area contributed by atoms with Gasteiger partial charge in [0.2, 0.25) is 10.0 Å². The Morgan fingerprint density at radius 1 is 1.07 bits per heavy atom. The van der Waals surface area contributed by atoms with E-state index in [9.17, 15) is 26.4 Å². The average Bonchev–Trinajstić information content (AvgIpc) is 2.69. The van der Waals surface area contributed by atoms with Crippen molar-refractivity contribution >= 4 is 16.0 Å². The molecule has 5 nitrogen and oxygen atoms in total. The van der Waals surface area contributed by atoms with E-state index in [-0.39, 0.29) is 25.9 Å². The molecule has 2 aromatic rings. The van der Waals surface area contributed by atoms with Crippen LogP contribution in [0.15, 0.2) is 47.4 Å². The number of rotatable bonds is 4. The van der Waals surface area contributed by atoms with Gasteiger partial charge < -0.3 is 4.74 Å². The molecule has 9 heteroatoms. The SMILES string of the molecule is Cc1ccc(OC(=O)C2CCN(S(=O)(=O)c3cccc(C(F)(F)F)c3)CC2)c(C)c1. The minimum atomic E-state index is -4.63. The third kappa shape index (κ3) is 4.84. The first kappa shape index (κ1) is 22.3. The second-order valence-electron chi connectivity index (χ2n) is 7.39. The standard InChI is InChI=1S/C21H22F3NO4S/c1-14-6-7-19(15(2)12-14)29-20(26)16-8-10-25(11-9-16)30(27,28)18-5-3-4-17(13-18)21(22,23)24/h3-7,12-13,16H,8-11H2,1-2H3. The first-order valence-corrected chi connectivity index (χ1v) is 10.9. The molecular formula is C21H22F3NO4S. The van der Waals surface area contributed by atoms with Crippen molar-refractivity contribution in [2.24, 2.45) is 5.92 Å². The summed E-state index contributed by atoms with van der Waals surface area (Å²) in [5, 5.41) is 0. The molecule has 1 aliphatic heterocycles. The Labute approximate surface area is 173 Å². The smallest absolute Gasteiger partial charge is 0.416 e. The van der Waals surface area contributed by atoms with Crippen LogP contribution < -0.4 is 4.74 Å². The van der Waals surface area contributed by atoms with Crippen molar-refractivity contribution < 1.29 is 31.1 Å². The lowest BCUT2D eigenvalue weighted by Crippen LogP contribution is -2.41. The molecule has 1 saturated heterocycles. The number of nitrogens with zero attached hydrogens (tertiary/aromatic N) is 1. The molecule has 0 atom stereocenters. The van der Waals surface area contributed by atoms with Crippen LogP contribution in [0.3, 0.4) is 0 Å². The van der Waals surface area contributed by atoms with Crippen molar-refractivity contribution in [1.29, 1.82) is 0 Å². The van der Waals surface area contributed by atoms with E-state index in [0.717, 1.165) is 33.6 Å². The molecule has 1 heterocycles. The Hall–Kier alpha value is -2.39. The summed E-state index contributed by atoms with van der Waals surface area (Å²) >= 11 is 0. The topological polar surface area (TPSA) is 63.7 Å². The lowest BCUT2D eigenvalue weighted by Gasteiger charge is -2.30. The van der Waals surface area contributed by atoms with Gasteiger partial charge in [-0.2, -0.15) is 17.5 Å². The highest BCUT2D eigenvalue weighted by molar-refractivity contribution is 7.89. The predicted molar refractivity (Wildman–Crippen MR) is 104 cm³/mol. The summed E-state index contributed by atoms with van der Waals surface area (Å²) in [4.78, 5) is 12.1. The van der Waals surface area contributed by atoms with E-state index >= 15 is 0 Å². The van der Waals surface area contributed by atoms with Gasteiger partial charge in [-0.1, -0.05) is 23.8 Å². The largest absolute Gasteiger partial charge is 0.426 e. The highest BCUT2D eigenvalue weighted by Gasteiger charge is 2.35. The highest BCUT2D eigenvalue weighted by Crippen LogP contribution is 2.32. The number of aryl methyl sites for hydroxylation is 2. The van der Waals surface area contributed by atoms with E-state index in [4.69, 9.17) is 4.74 Å². The van der Waals surface area contributed by atoms with E-state index in [1.165, 1.54) is 0 Å². The van der Waals surface area contributed by atoms with Gasteiger partial charge in [0.1, 0.15) is 5.75 Å². The summed E-state index contributed by atoms with van der Waals surface area (Å²) < 4.78 is 70.8. The van der Waals surface area contributed by atoms with Crippen molar-refractivity contribution in [3.63, 3.8) is 0 Å². The molecule has 2 aromatic carbocycles. The molecule has 0 amide bonds. The summed E-state index contributed by atoms with van der Waals surface area (Å²) in [5.41, 5.74) is 0.851. The van der Waals surface area contributed by atoms with Gasteiger partial charge in [-0.25, -0.2) is 8.42 Å². The second-order valence-corrected chi connectivity index (χ2v) is 9.33. The first-order valence-electron chi connectivity index (χ1n) is 9.45. The molecule has 162 valence electrons. The van der Waals surface area contributed by atoms with E-state index < -0.39 is 38.5 Å². The number of halogens is 3. The molecule has 3 rings (SSSR count). The van der Waals surface area contributed by atoms with Crippen LogP contribution in [-0.2, 0) is 21.0 Å². The van der Waals surface area contributed by atoms with Gasteiger partial charge in [0.15, 0.2) is 0 Å². The number of piperidine rings is 1. The molecule has 30 heavy (non-hydrogen) atoms. The van der Waals surface area contributed by atoms with Gasteiger partial charge in [0, 0.05) is 13.1 Å². The molecule has 0 saturated carbocycles. The summed E-state index contributed by atoms with van der Waals surface area (Å²) in [6.07, 6.45) is -4.15. The monoisotopic (exact) mass is 441 g/mol. The van der Waals surface area contributed by atoms with E-state index in [1.54, 1.807) is 6.07 Å². The molecule has 0 bridgehead atoms. The zero-order valence-electron chi connectivity index (χ0n) is 16.6. The second kappa shape index (κ2) is 8.39. The number of hydrogen-bond acceptors (Lipinski definition) is 4. The zero-order valence-corrected chi connectivity index (χ0v) is 17.4. The lowest BCUT2D eigenvalue weighted by atomic mass is 9.98. The third-order valence-electron chi connectivity index (χ3n) is 5.13. The van der Waals surface area contributed by atoms with Gasteiger partial charge in [-0.3, -0.25) is 4.79 Å². The van der Waals surface area contributed by atoms with Gasteiger partial charge in [0.25, 0.3) is 0 Å². The van der Waals surface area contributed by atoms with Crippen LogP contribution in [0.1, 0.15) is 29.5 Å². The van der Waals surface area contributed by atoms with Crippen LogP contribution >= 0.6 is 0 Å². The van der Waals surface area contributed by atoms with Crippen LogP contribution in [0.4, 0.5) is 13.2 Å². The summed E-state index contributed by atoms with van der Waals surface area (Å²) in [6.45, 7) is 3.83. The van der Waals surface area contributed by atoms with E-state index in [0.29, 0.717) is 11.8 Å².